The van der Waals surface area contributed by atoms with Crippen molar-refractivity contribution < 1.29 is 4.39 Å². The molecule has 4 heteroatoms. The maximum atomic E-state index is 13.3. The van der Waals surface area contributed by atoms with Crippen molar-refractivity contribution in [3.8, 4) is 0 Å². The second-order valence-electron chi connectivity index (χ2n) is 4.58. The van der Waals surface area contributed by atoms with Gasteiger partial charge in [-0.05, 0) is 49.5 Å². The van der Waals surface area contributed by atoms with Crippen molar-refractivity contribution in [3.63, 3.8) is 0 Å². The van der Waals surface area contributed by atoms with Crippen LogP contribution in [0, 0.1) is 5.82 Å². The van der Waals surface area contributed by atoms with Gasteiger partial charge in [-0.3, -0.25) is 0 Å². The number of piperidine rings is 1. The van der Waals surface area contributed by atoms with Gasteiger partial charge in [0.1, 0.15) is 5.82 Å². The molecule has 2 aromatic rings. The normalized spacial score (nSPS) is 17.8. The molecule has 3 rings (SSSR count). The predicted octanol–water partition coefficient (Wildman–Crippen LogP) is 3.43. The summed E-state index contributed by atoms with van der Waals surface area (Å²) in [5.41, 5.74) is 2.10. The molecule has 0 spiro atoms. The summed E-state index contributed by atoms with van der Waals surface area (Å²) in [6, 6.07) is 3.21. The highest BCUT2D eigenvalue weighted by Gasteiger charge is 2.19. The minimum atomic E-state index is -0.363. The van der Waals surface area contributed by atoms with Crippen LogP contribution in [-0.2, 0) is 0 Å². The summed E-state index contributed by atoms with van der Waals surface area (Å²) in [4.78, 5) is 3.13. The largest absolute Gasteiger partial charge is 0.361 e. The average Bonchev–Trinajstić information content (AvgIpc) is 2.74. The zero-order valence-electron chi connectivity index (χ0n) is 9.39. The number of halogens is 2. The number of aromatic amines is 1. The molecule has 0 radical (unpaired) electrons. The molecule has 1 aliphatic heterocycles. The zero-order chi connectivity index (χ0) is 11.8. The van der Waals surface area contributed by atoms with Gasteiger partial charge in [0.25, 0.3) is 0 Å². The Morgan fingerprint density at radius 1 is 1.24 bits per heavy atom. The van der Waals surface area contributed by atoms with E-state index in [0.29, 0.717) is 5.92 Å². The van der Waals surface area contributed by atoms with Gasteiger partial charge in [0.05, 0.1) is 5.02 Å². The molecule has 0 amide bonds. The monoisotopic (exact) mass is 252 g/mol. The van der Waals surface area contributed by atoms with Gasteiger partial charge in [-0.15, -0.1) is 0 Å². The number of nitrogens with one attached hydrogen (secondary N) is 2. The van der Waals surface area contributed by atoms with Crippen molar-refractivity contribution in [1.29, 1.82) is 0 Å². The molecule has 0 aliphatic carbocycles. The van der Waals surface area contributed by atoms with Gasteiger partial charge < -0.3 is 10.3 Å². The molecule has 0 atom stereocenters. The summed E-state index contributed by atoms with van der Waals surface area (Å²) >= 11 is 5.85. The van der Waals surface area contributed by atoms with Gasteiger partial charge in [-0.1, -0.05) is 11.6 Å². The lowest BCUT2D eigenvalue weighted by atomic mass is 9.90. The zero-order valence-corrected chi connectivity index (χ0v) is 10.1. The molecular weight excluding hydrogens is 239 g/mol. The minimum absolute atomic E-state index is 0.201. The van der Waals surface area contributed by atoms with Crippen LogP contribution in [0.3, 0.4) is 0 Å². The number of H-pyrrole nitrogens is 1. The van der Waals surface area contributed by atoms with E-state index in [0.717, 1.165) is 36.8 Å². The van der Waals surface area contributed by atoms with E-state index in [2.05, 4.69) is 10.3 Å². The topological polar surface area (TPSA) is 27.8 Å². The Balaban J connectivity index is 2.07. The molecule has 1 aromatic heterocycles. The molecule has 1 saturated heterocycles. The van der Waals surface area contributed by atoms with Gasteiger partial charge in [0.15, 0.2) is 0 Å². The van der Waals surface area contributed by atoms with Crippen molar-refractivity contribution in [1.82, 2.24) is 10.3 Å². The van der Waals surface area contributed by atoms with Crippen LogP contribution in [0.15, 0.2) is 18.3 Å². The third-order valence-corrected chi connectivity index (χ3v) is 3.82. The lowest BCUT2D eigenvalue weighted by Crippen LogP contribution is -2.26. The average molecular weight is 253 g/mol. The highest BCUT2D eigenvalue weighted by molar-refractivity contribution is 6.31. The van der Waals surface area contributed by atoms with Gasteiger partial charge in [-0.2, -0.15) is 0 Å². The predicted molar refractivity (Wildman–Crippen MR) is 68.1 cm³/mol. The van der Waals surface area contributed by atoms with E-state index in [9.17, 15) is 4.39 Å². The van der Waals surface area contributed by atoms with Crippen molar-refractivity contribution in [3.05, 3.63) is 34.7 Å². The molecule has 2 N–H and O–H groups in total. The summed E-state index contributed by atoms with van der Waals surface area (Å²) in [6.45, 7) is 2.10. The first kappa shape index (κ1) is 11.1. The number of rotatable bonds is 1. The van der Waals surface area contributed by atoms with Crippen LogP contribution in [0.2, 0.25) is 5.02 Å². The van der Waals surface area contributed by atoms with E-state index in [1.165, 1.54) is 11.6 Å². The van der Waals surface area contributed by atoms with Crippen molar-refractivity contribution in [2.24, 2.45) is 0 Å². The van der Waals surface area contributed by atoms with Crippen LogP contribution < -0.4 is 5.32 Å². The molecule has 1 aliphatic rings. The molecule has 1 aromatic carbocycles. The van der Waals surface area contributed by atoms with Gasteiger partial charge >= 0.3 is 0 Å². The van der Waals surface area contributed by atoms with Crippen molar-refractivity contribution in [2.75, 3.05) is 13.1 Å². The SMILES string of the molecule is Fc1cc2[nH]cc(C3CCNCC3)c2cc1Cl. The molecule has 0 unspecified atom stereocenters. The third kappa shape index (κ3) is 1.94. The van der Waals surface area contributed by atoms with E-state index in [-0.39, 0.29) is 10.8 Å². The Morgan fingerprint density at radius 3 is 2.76 bits per heavy atom. The lowest BCUT2D eigenvalue weighted by Gasteiger charge is -2.22. The summed E-state index contributed by atoms with van der Waals surface area (Å²) in [7, 11) is 0. The minimum Gasteiger partial charge on any atom is -0.361 e. The Labute approximate surface area is 104 Å². The maximum absolute atomic E-state index is 13.3. The van der Waals surface area contributed by atoms with Crippen molar-refractivity contribution >= 4 is 22.5 Å². The smallest absolute Gasteiger partial charge is 0.143 e. The van der Waals surface area contributed by atoms with Crippen LogP contribution >= 0.6 is 11.6 Å². The fourth-order valence-corrected chi connectivity index (χ4v) is 2.77. The van der Waals surface area contributed by atoms with E-state index in [1.54, 1.807) is 6.07 Å². The van der Waals surface area contributed by atoms with Crippen LogP contribution in [0.1, 0.15) is 24.3 Å². The number of fused-ring (bicyclic) bond motifs is 1. The fourth-order valence-electron chi connectivity index (χ4n) is 2.61. The highest BCUT2D eigenvalue weighted by atomic mass is 35.5. The van der Waals surface area contributed by atoms with E-state index in [4.69, 9.17) is 11.6 Å². The number of hydrogen-bond acceptors (Lipinski definition) is 1. The van der Waals surface area contributed by atoms with Crippen molar-refractivity contribution in [2.45, 2.75) is 18.8 Å². The quantitative estimate of drug-likeness (QED) is 0.800. The maximum Gasteiger partial charge on any atom is 0.143 e. The summed E-state index contributed by atoms with van der Waals surface area (Å²) in [5, 5.41) is 4.61. The van der Waals surface area contributed by atoms with Gasteiger partial charge in [0.2, 0.25) is 0 Å². The number of hydrogen-bond donors (Lipinski definition) is 2. The second-order valence-corrected chi connectivity index (χ2v) is 4.99. The Morgan fingerprint density at radius 2 is 2.00 bits per heavy atom. The first-order valence-electron chi connectivity index (χ1n) is 5.92. The van der Waals surface area contributed by atoms with E-state index in [1.807, 2.05) is 6.20 Å². The molecule has 2 heterocycles. The van der Waals surface area contributed by atoms with Crippen LogP contribution in [0.4, 0.5) is 4.39 Å². The molecule has 2 nitrogen and oxygen atoms in total. The van der Waals surface area contributed by atoms with Crippen LogP contribution in [-0.4, -0.2) is 18.1 Å². The summed E-state index contributed by atoms with van der Waals surface area (Å²) < 4.78 is 13.3. The molecule has 90 valence electrons. The molecular formula is C13H14ClFN2. The Kier molecular flexibility index (Phi) is 2.81. The Bertz CT molecular complexity index is 544. The first-order chi connectivity index (χ1) is 8.25. The van der Waals surface area contributed by atoms with E-state index < -0.39 is 0 Å². The van der Waals surface area contributed by atoms with Gasteiger partial charge in [-0.25, -0.2) is 4.39 Å². The molecule has 0 saturated carbocycles. The standard InChI is InChI=1S/C13H14ClFN2/c14-11-5-9-10(8-1-3-16-4-2-8)7-17-13(9)6-12(11)15/h5-8,16-17H,1-4H2. The van der Waals surface area contributed by atoms with Crippen LogP contribution in [0.25, 0.3) is 10.9 Å². The highest BCUT2D eigenvalue weighted by Crippen LogP contribution is 2.33. The van der Waals surface area contributed by atoms with Crippen LogP contribution in [0.5, 0.6) is 0 Å². The van der Waals surface area contributed by atoms with Gasteiger partial charge in [0, 0.05) is 17.1 Å². The number of aromatic nitrogens is 1. The molecule has 1 fully saturated rings. The third-order valence-electron chi connectivity index (χ3n) is 3.53. The number of benzene rings is 1. The summed E-state index contributed by atoms with van der Waals surface area (Å²) in [5.74, 6) is 0.185. The molecule has 0 bridgehead atoms. The van der Waals surface area contributed by atoms with E-state index >= 15 is 0 Å². The summed E-state index contributed by atoms with van der Waals surface area (Å²) in [6.07, 6.45) is 4.25. The second kappa shape index (κ2) is 4.31. The Hall–Kier alpha value is -1.06. The lowest BCUT2D eigenvalue weighted by molar-refractivity contribution is 0.462. The fraction of sp³-hybridized carbons (Fsp3) is 0.385. The first-order valence-corrected chi connectivity index (χ1v) is 6.30. The molecule has 17 heavy (non-hydrogen) atoms.